The van der Waals surface area contributed by atoms with E-state index in [-0.39, 0.29) is 35.7 Å². The van der Waals surface area contributed by atoms with Crippen LogP contribution in [0.1, 0.15) is 44.0 Å². The average Bonchev–Trinajstić information content (AvgIpc) is 3.33. The van der Waals surface area contributed by atoms with Gasteiger partial charge in [0.25, 0.3) is 11.8 Å². The van der Waals surface area contributed by atoms with Crippen LogP contribution in [0.15, 0.2) is 48.8 Å². The number of rotatable bonds is 5. The van der Waals surface area contributed by atoms with Gasteiger partial charge in [0, 0.05) is 30.5 Å². The van der Waals surface area contributed by atoms with Gasteiger partial charge in [-0.2, -0.15) is 13.2 Å². The van der Waals surface area contributed by atoms with E-state index in [9.17, 15) is 27.6 Å². The minimum Gasteiger partial charge on any atom is -0.347 e. The second kappa shape index (κ2) is 11.8. The lowest BCUT2D eigenvalue weighted by molar-refractivity contribution is -0.137. The number of aryl methyl sites for hydroxylation is 1. The number of hydrogen-bond acceptors (Lipinski definition) is 7. The highest BCUT2D eigenvalue weighted by molar-refractivity contribution is 7.21. The summed E-state index contributed by atoms with van der Waals surface area (Å²) >= 11 is 1.20. The number of nitrogens with zero attached hydrogens (tertiary/aromatic N) is 3. The number of halogens is 4. The third-order valence-corrected chi connectivity index (χ3v) is 8.21. The van der Waals surface area contributed by atoms with Crippen LogP contribution in [0.5, 0.6) is 0 Å². The van der Waals surface area contributed by atoms with Gasteiger partial charge in [0.1, 0.15) is 15.5 Å². The van der Waals surface area contributed by atoms with Crippen LogP contribution in [0.25, 0.3) is 10.2 Å². The van der Waals surface area contributed by atoms with Crippen LogP contribution in [0.3, 0.4) is 0 Å². The first-order valence-corrected chi connectivity index (χ1v) is 13.9. The maximum absolute atomic E-state index is 13.5. The number of amides is 4. The number of thiophene rings is 1. The van der Waals surface area contributed by atoms with Crippen molar-refractivity contribution in [2.24, 2.45) is 0 Å². The van der Waals surface area contributed by atoms with Gasteiger partial charge in [-0.1, -0.05) is 0 Å². The number of nitrogens with one attached hydrogen (secondary N) is 4. The molecule has 1 saturated heterocycles. The Bertz CT molecular complexity index is 1740. The first-order chi connectivity index (χ1) is 20.1. The van der Waals surface area contributed by atoms with Crippen LogP contribution < -0.4 is 26.2 Å². The highest BCUT2D eigenvalue weighted by atomic mass is 35.5. The molecule has 43 heavy (non-hydrogen) atoms. The first-order valence-electron chi connectivity index (χ1n) is 13.1. The summed E-state index contributed by atoms with van der Waals surface area (Å²) in [6.07, 6.45) is -0.211. The smallest absolute Gasteiger partial charge is 0.347 e. The zero-order valence-electron chi connectivity index (χ0n) is 22.5. The molecule has 1 aromatic carbocycles. The summed E-state index contributed by atoms with van der Waals surface area (Å²) in [5.41, 5.74) is 1.20. The number of anilines is 4. The van der Waals surface area contributed by atoms with E-state index in [2.05, 4.69) is 31.2 Å². The number of carbonyl (C=O) groups is 3. The van der Waals surface area contributed by atoms with E-state index < -0.39 is 23.7 Å². The number of carbonyl (C=O) groups excluding carboxylic acids is 3. The monoisotopic (exact) mass is 631 g/mol. The normalized spacial score (nSPS) is 16.3. The minimum atomic E-state index is -4.58. The molecule has 1 fully saturated rings. The second-order valence-corrected chi connectivity index (χ2v) is 11.0. The molecule has 4 amide bonds. The van der Waals surface area contributed by atoms with Gasteiger partial charge in [0.15, 0.2) is 0 Å². The fourth-order valence-electron chi connectivity index (χ4n) is 5.12. The van der Waals surface area contributed by atoms with Crippen molar-refractivity contribution in [3.05, 3.63) is 70.4 Å². The largest absolute Gasteiger partial charge is 0.416 e. The maximum Gasteiger partial charge on any atom is 0.416 e. The van der Waals surface area contributed by atoms with E-state index >= 15 is 0 Å². The molecular formula is C28H25ClF3N7O3S. The molecule has 1 unspecified atom stereocenters. The third-order valence-electron chi connectivity index (χ3n) is 7.11. The van der Waals surface area contributed by atoms with E-state index in [1.54, 1.807) is 25.3 Å². The Morgan fingerprint density at radius 2 is 1.86 bits per heavy atom. The lowest BCUT2D eigenvalue weighted by Gasteiger charge is -2.30. The average molecular weight is 632 g/mol. The quantitative estimate of drug-likeness (QED) is 0.219. The molecule has 4 N–H and O–H groups in total. The molecule has 5 heterocycles. The molecule has 0 aliphatic carbocycles. The number of alkyl halides is 3. The van der Waals surface area contributed by atoms with Crippen molar-refractivity contribution in [1.82, 2.24) is 20.6 Å². The molecule has 3 aromatic heterocycles. The molecule has 0 bridgehead atoms. The van der Waals surface area contributed by atoms with Crippen molar-refractivity contribution in [2.75, 3.05) is 28.6 Å². The maximum atomic E-state index is 13.5. The number of piperidine rings is 1. The summed E-state index contributed by atoms with van der Waals surface area (Å²) in [4.78, 5) is 50.1. The van der Waals surface area contributed by atoms with Crippen LogP contribution in [0, 0.1) is 6.92 Å². The van der Waals surface area contributed by atoms with Crippen molar-refractivity contribution in [1.29, 1.82) is 0 Å². The second-order valence-electron chi connectivity index (χ2n) is 9.98. The fraction of sp³-hybridized carbons (Fsp3) is 0.250. The SMILES string of the molecule is Cc1cc(C(=O)Nc2cc(C(F)(F)F)ccn2)ccc1N1C(=O)Nc2c(C(=O)NC3CCCNC3)sc3nccc1c23.Cl. The van der Waals surface area contributed by atoms with Crippen molar-refractivity contribution < 1.29 is 27.6 Å². The Morgan fingerprint density at radius 3 is 2.58 bits per heavy atom. The van der Waals surface area contributed by atoms with Gasteiger partial charge < -0.3 is 21.3 Å². The van der Waals surface area contributed by atoms with Crippen LogP contribution >= 0.6 is 23.7 Å². The number of hydrogen-bond donors (Lipinski definition) is 4. The van der Waals surface area contributed by atoms with Crippen molar-refractivity contribution >= 4 is 74.7 Å². The third kappa shape index (κ3) is 5.85. The lowest BCUT2D eigenvalue weighted by Crippen LogP contribution is -2.45. The van der Waals surface area contributed by atoms with Crippen molar-refractivity contribution in [3.63, 3.8) is 0 Å². The highest BCUT2D eigenvalue weighted by Gasteiger charge is 2.34. The molecule has 2 aliphatic rings. The van der Waals surface area contributed by atoms with Crippen LogP contribution in [-0.4, -0.2) is 46.9 Å². The molecule has 2 aliphatic heterocycles. The molecule has 6 rings (SSSR count). The Morgan fingerprint density at radius 1 is 1.07 bits per heavy atom. The van der Waals surface area contributed by atoms with E-state index in [1.807, 2.05) is 0 Å². The molecular weight excluding hydrogens is 607 g/mol. The molecule has 1 atom stereocenters. The fourth-order valence-corrected chi connectivity index (χ4v) is 6.14. The predicted molar refractivity (Wildman–Crippen MR) is 160 cm³/mol. The summed E-state index contributed by atoms with van der Waals surface area (Å²) in [6.45, 7) is 3.30. The van der Waals surface area contributed by atoms with E-state index in [0.717, 1.165) is 37.7 Å². The topological polar surface area (TPSA) is 128 Å². The summed E-state index contributed by atoms with van der Waals surface area (Å²) in [5, 5.41) is 12.2. The van der Waals surface area contributed by atoms with Crippen molar-refractivity contribution in [3.8, 4) is 0 Å². The summed E-state index contributed by atoms with van der Waals surface area (Å²) in [7, 11) is 0. The first kappa shape index (κ1) is 30.2. The molecule has 224 valence electrons. The van der Waals surface area contributed by atoms with E-state index in [4.69, 9.17) is 0 Å². The van der Waals surface area contributed by atoms with Gasteiger partial charge in [-0.25, -0.2) is 14.8 Å². The molecule has 0 saturated carbocycles. The highest BCUT2D eigenvalue weighted by Crippen LogP contribution is 2.46. The van der Waals surface area contributed by atoms with Gasteiger partial charge in [0.05, 0.1) is 28.0 Å². The molecule has 4 aromatic rings. The molecule has 0 radical (unpaired) electrons. The van der Waals surface area contributed by atoms with Crippen molar-refractivity contribution in [2.45, 2.75) is 32.0 Å². The van der Waals surface area contributed by atoms with Gasteiger partial charge in [0.2, 0.25) is 0 Å². The Balaban J connectivity index is 0.00000368. The Labute approximate surface area is 253 Å². The number of pyridine rings is 2. The van der Waals surface area contributed by atoms with Crippen LogP contribution in [0.4, 0.5) is 40.8 Å². The summed E-state index contributed by atoms with van der Waals surface area (Å²) < 4.78 is 39.1. The van der Waals surface area contributed by atoms with Crippen LogP contribution in [0.2, 0.25) is 0 Å². The zero-order chi connectivity index (χ0) is 29.6. The number of benzene rings is 1. The molecule has 10 nitrogen and oxygen atoms in total. The zero-order valence-corrected chi connectivity index (χ0v) is 24.2. The lowest BCUT2D eigenvalue weighted by atomic mass is 10.1. The summed E-state index contributed by atoms with van der Waals surface area (Å²) in [6, 6.07) is 7.34. The van der Waals surface area contributed by atoms with E-state index in [0.29, 0.717) is 44.3 Å². The van der Waals surface area contributed by atoms with Crippen LogP contribution in [-0.2, 0) is 6.18 Å². The Hall–Kier alpha value is -4.27. The number of aromatic nitrogens is 2. The minimum absolute atomic E-state index is 0. The predicted octanol–water partition coefficient (Wildman–Crippen LogP) is 5.86. The van der Waals surface area contributed by atoms with Gasteiger partial charge >= 0.3 is 12.2 Å². The molecule has 15 heteroatoms. The van der Waals surface area contributed by atoms with E-state index in [1.165, 1.54) is 28.4 Å². The van der Waals surface area contributed by atoms with Gasteiger partial charge in [-0.3, -0.25) is 14.5 Å². The van der Waals surface area contributed by atoms with Gasteiger partial charge in [-0.05, 0) is 68.3 Å². The standard InChI is InChI=1S/C28H24F3N7O3S.ClH/c1-14-11-15(24(39)36-20-12-16(6-9-33-20)28(29,30)31)4-5-18(14)38-19-7-10-34-26-21(19)22(37-27(38)41)23(42-26)25(40)35-17-3-2-8-32-13-17;/h4-7,9-12,17,32H,2-3,8,13H2,1H3,(H,35,40)(H,37,41)(H,33,36,39);1H. The Kier molecular flexibility index (Phi) is 8.27. The number of urea groups is 1. The molecule has 0 spiro atoms. The summed E-state index contributed by atoms with van der Waals surface area (Å²) in [5.74, 6) is -1.17. The van der Waals surface area contributed by atoms with Gasteiger partial charge in [-0.15, -0.1) is 23.7 Å².